The maximum atomic E-state index is 13.1. The second-order valence-electron chi connectivity index (χ2n) is 9.08. The van der Waals surface area contributed by atoms with Gasteiger partial charge in [-0.2, -0.15) is 0 Å². The SMILES string of the molecule is Cc1ccc(C)c(S(=O)(=O)Nc2ccc(C(=O)N3CCCC3C(=O)NCCC(C)C)cc2)c1. The number of nitrogens with zero attached hydrogens (tertiary/aromatic N) is 1. The van der Waals surface area contributed by atoms with Gasteiger partial charge < -0.3 is 10.2 Å². The fourth-order valence-electron chi connectivity index (χ4n) is 3.94. The summed E-state index contributed by atoms with van der Waals surface area (Å²) in [5, 5.41) is 2.94. The number of carbonyl (C=O) groups is 2. The molecule has 0 saturated carbocycles. The zero-order chi connectivity index (χ0) is 24.2. The van der Waals surface area contributed by atoms with Crippen LogP contribution in [0.15, 0.2) is 47.4 Å². The maximum absolute atomic E-state index is 13.1. The third kappa shape index (κ3) is 6.13. The number of nitrogens with one attached hydrogen (secondary N) is 2. The molecule has 1 unspecified atom stereocenters. The third-order valence-corrected chi connectivity index (χ3v) is 7.38. The summed E-state index contributed by atoms with van der Waals surface area (Å²) in [5.41, 5.74) is 2.31. The molecule has 33 heavy (non-hydrogen) atoms. The number of hydrogen-bond acceptors (Lipinski definition) is 4. The van der Waals surface area contributed by atoms with Gasteiger partial charge in [-0.3, -0.25) is 14.3 Å². The van der Waals surface area contributed by atoms with Gasteiger partial charge in [0.05, 0.1) is 4.90 Å². The van der Waals surface area contributed by atoms with Gasteiger partial charge in [0.25, 0.3) is 15.9 Å². The van der Waals surface area contributed by atoms with Crippen LogP contribution in [0.5, 0.6) is 0 Å². The van der Waals surface area contributed by atoms with E-state index < -0.39 is 16.1 Å². The molecule has 8 heteroatoms. The highest BCUT2D eigenvalue weighted by atomic mass is 32.2. The number of aryl methyl sites for hydroxylation is 2. The molecule has 0 radical (unpaired) electrons. The highest BCUT2D eigenvalue weighted by Gasteiger charge is 2.34. The van der Waals surface area contributed by atoms with Gasteiger partial charge in [-0.1, -0.05) is 26.0 Å². The van der Waals surface area contributed by atoms with Gasteiger partial charge in [-0.05, 0) is 80.5 Å². The summed E-state index contributed by atoms with van der Waals surface area (Å²) < 4.78 is 28.2. The van der Waals surface area contributed by atoms with Crippen LogP contribution in [0.4, 0.5) is 5.69 Å². The first kappa shape index (κ1) is 24.8. The van der Waals surface area contributed by atoms with E-state index in [2.05, 4.69) is 23.9 Å². The summed E-state index contributed by atoms with van der Waals surface area (Å²) in [7, 11) is -3.75. The van der Waals surface area contributed by atoms with Crippen molar-refractivity contribution in [3.05, 3.63) is 59.2 Å². The van der Waals surface area contributed by atoms with Gasteiger partial charge in [0, 0.05) is 24.3 Å². The molecule has 1 saturated heterocycles. The van der Waals surface area contributed by atoms with Crippen molar-refractivity contribution in [2.45, 2.75) is 57.9 Å². The van der Waals surface area contributed by atoms with Crippen molar-refractivity contribution >= 4 is 27.5 Å². The summed E-state index contributed by atoms with van der Waals surface area (Å²) in [6.45, 7) is 8.93. The summed E-state index contributed by atoms with van der Waals surface area (Å²) in [4.78, 5) is 27.5. The van der Waals surface area contributed by atoms with E-state index >= 15 is 0 Å². The Labute approximate surface area is 196 Å². The van der Waals surface area contributed by atoms with Crippen LogP contribution in [0.2, 0.25) is 0 Å². The highest BCUT2D eigenvalue weighted by molar-refractivity contribution is 7.92. The summed E-state index contributed by atoms with van der Waals surface area (Å²) >= 11 is 0. The average molecular weight is 472 g/mol. The van der Waals surface area contributed by atoms with Crippen LogP contribution < -0.4 is 10.0 Å². The Hall–Kier alpha value is -2.87. The van der Waals surface area contributed by atoms with E-state index in [9.17, 15) is 18.0 Å². The Morgan fingerprint density at radius 1 is 1.09 bits per heavy atom. The molecule has 2 N–H and O–H groups in total. The van der Waals surface area contributed by atoms with Crippen molar-refractivity contribution in [3.8, 4) is 0 Å². The Balaban J connectivity index is 1.68. The summed E-state index contributed by atoms with van der Waals surface area (Å²) in [6, 6.07) is 11.1. The fraction of sp³-hybridized carbons (Fsp3) is 0.440. The molecule has 0 spiro atoms. The van der Waals surface area contributed by atoms with Gasteiger partial charge in [0.1, 0.15) is 6.04 Å². The van der Waals surface area contributed by atoms with Crippen molar-refractivity contribution in [2.24, 2.45) is 5.92 Å². The molecule has 1 aliphatic heterocycles. The Morgan fingerprint density at radius 2 is 1.79 bits per heavy atom. The van der Waals surface area contributed by atoms with Crippen LogP contribution in [0.1, 0.15) is 54.6 Å². The molecule has 1 aliphatic rings. The van der Waals surface area contributed by atoms with Crippen LogP contribution >= 0.6 is 0 Å². The first-order chi connectivity index (χ1) is 15.6. The van der Waals surface area contributed by atoms with Crippen LogP contribution in [-0.4, -0.2) is 44.3 Å². The van der Waals surface area contributed by atoms with E-state index in [1.165, 1.54) is 0 Å². The molecule has 0 aromatic heterocycles. The van der Waals surface area contributed by atoms with Crippen molar-refractivity contribution in [3.63, 3.8) is 0 Å². The van der Waals surface area contributed by atoms with Crippen molar-refractivity contribution < 1.29 is 18.0 Å². The minimum absolute atomic E-state index is 0.112. The zero-order valence-corrected chi connectivity index (χ0v) is 20.5. The largest absolute Gasteiger partial charge is 0.354 e. The maximum Gasteiger partial charge on any atom is 0.262 e. The van der Waals surface area contributed by atoms with E-state index in [1.807, 2.05) is 13.0 Å². The molecule has 2 aromatic carbocycles. The Morgan fingerprint density at radius 3 is 2.45 bits per heavy atom. The molecular weight excluding hydrogens is 438 g/mol. The number of sulfonamides is 1. The molecule has 1 fully saturated rings. The van der Waals surface area contributed by atoms with Gasteiger partial charge in [0.15, 0.2) is 0 Å². The smallest absolute Gasteiger partial charge is 0.262 e. The van der Waals surface area contributed by atoms with Gasteiger partial charge in [-0.25, -0.2) is 8.42 Å². The van der Waals surface area contributed by atoms with Crippen molar-refractivity contribution in [1.29, 1.82) is 0 Å². The average Bonchev–Trinajstić information content (AvgIpc) is 3.25. The molecule has 2 aromatic rings. The number of benzene rings is 2. The van der Waals surface area contributed by atoms with Gasteiger partial charge in [-0.15, -0.1) is 0 Å². The van der Waals surface area contributed by atoms with Crippen molar-refractivity contribution in [1.82, 2.24) is 10.2 Å². The van der Waals surface area contributed by atoms with Crippen molar-refractivity contribution in [2.75, 3.05) is 17.8 Å². The number of carbonyl (C=O) groups excluding carboxylic acids is 2. The number of anilines is 1. The third-order valence-electron chi connectivity index (χ3n) is 5.85. The van der Waals surface area contributed by atoms with E-state index in [0.29, 0.717) is 42.2 Å². The Kier molecular flexibility index (Phi) is 7.79. The molecule has 178 valence electrons. The predicted molar refractivity (Wildman–Crippen MR) is 130 cm³/mol. The minimum Gasteiger partial charge on any atom is -0.354 e. The van der Waals surface area contributed by atoms with Crippen LogP contribution in [0, 0.1) is 19.8 Å². The first-order valence-corrected chi connectivity index (χ1v) is 12.9. The van der Waals surface area contributed by atoms with Crippen LogP contribution in [-0.2, 0) is 14.8 Å². The molecular formula is C25H33N3O4S. The summed E-state index contributed by atoms with van der Waals surface area (Å²) in [6.07, 6.45) is 2.32. The summed E-state index contributed by atoms with van der Waals surface area (Å²) in [5.74, 6) is 0.164. The quantitative estimate of drug-likeness (QED) is 0.611. The molecule has 0 aliphatic carbocycles. The lowest BCUT2D eigenvalue weighted by atomic mass is 10.1. The number of amides is 2. The number of rotatable bonds is 8. The second kappa shape index (κ2) is 10.4. The number of hydrogen-bond donors (Lipinski definition) is 2. The van der Waals surface area contributed by atoms with Crippen LogP contribution in [0.25, 0.3) is 0 Å². The first-order valence-electron chi connectivity index (χ1n) is 11.4. The molecule has 7 nitrogen and oxygen atoms in total. The number of likely N-dealkylation sites (tertiary alicyclic amines) is 1. The standard InChI is InChI=1S/C25H33N3O4S/c1-17(2)13-14-26-24(29)22-6-5-15-28(22)25(30)20-9-11-21(12-10-20)27-33(31,32)23-16-18(3)7-8-19(23)4/h7-12,16-17,22,27H,5-6,13-15H2,1-4H3,(H,26,29). The molecule has 2 amide bonds. The molecule has 0 bridgehead atoms. The van der Waals surface area contributed by atoms with E-state index in [1.54, 1.807) is 48.2 Å². The molecule has 1 atom stereocenters. The lowest BCUT2D eigenvalue weighted by Gasteiger charge is -2.24. The normalized spacial score (nSPS) is 16.2. The van der Waals surface area contributed by atoms with Crippen LogP contribution in [0.3, 0.4) is 0 Å². The highest BCUT2D eigenvalue weighted by Crippen LogP contribution is 2.23. The topological polar surface area (TPSA) is 95.6 Å². The van der Waals surface area contributed by atoms with E-state index in [-0.39, 0.29) is 16.7 Å². The zero-order valence-electron chi connectivity index (χ0n) is 19.7. The second-order valence-corrected chi connectivity index (χ2v) is 10.7. The lowest BCUT2D eigenvalue weighted by Crippen LogP contribution is -2.46. The molecule has 1 heterocycles. The lowest BCUT2D eigenvalue weighted by molar-refractivity contribution is -0.124. The van der Waals surface area contributed by atoms with E-state index in [4.69, 9.17) is 0 Å². The van der Waals surface area contributed by atoms with E-state index in [0.717, 1.165) is 18.4 Å². The van der Waals surface area contributed by atoms with Gasteiger partial charge in [0.2, 0.25) is 5.91 Å². The molecule has 3 rings (SSSR count). The van der Waals surface area contributed by atoms with Gasteiger partial charge >= 0.3 is 0 Å². The monoisotopic (exact) mass is 471 g/mol. The fourth-order valence-corrected chi connectivity index (χ4v) is 5.33. The Bertz CT molecular complexity index is 1110. The minimum atomic E-state index is -3.75. The predicted octanol–water partition coefficient (Wildman–Crippen LogP) is 3.87.